The van der Waals surface area contributed by atoms with Gasteiger partial charge in [-0.1, -0.05) is 50.6 Å². The summed E-state index contributed by atoms with van der Waals surface area (Å²) in [5, 5.41) is 5.61. The molecule has 0 unspecified atom stereocenters. The van der Waals surface area contributed by atoms with E-state index in [2.05, 4.69) is 42.5 Å². The molecule has 0 radical (unpaired) electrons. The first-order valence-corrected chi connectivity index (χ1v) is 9.19. The van der Waals surface area contributed by atoms with E-state index in [4.69, 9.17) is 4.74 Å². The van der Waals surface area contributed by atoms with Crippen molar-refractivity contribution in [1.29, 1.82) is 0 Å². The van der Waals surface area contributed by atoms with E-state index in [1.54, 1.807) is 18.3 Å². The smallest absolute Gasteiger partial charge is 0.323 e. The number of nitrogens with one attached hydrogen (secondary N) is 2. The molecule has 2 amide bonds. The summed E-state index contributed by atoms with van der Waals surface area (Å²) < 4.78 is 5.96. The van der Waals surface area contributed by atoms with Crippen LogP contribution in [-0.2, 0) is 5.41 Å². The second-order valence-electron chi connectivity index (χ2n) is 7.68. The summed E-state index contributed by atoms with van der Waals surface area (Å²) in [5.74, 6) is 1.01. The minimum absolute atomic E-state index is 0.0124. The first kappa shape index (κ1) is 19.4. The molecule has 144 valence electrons. The average Bonchev–Trinajstić information content (AvgIpc) is 2.65. The highest BCUT2D eigenvalue weighted by Gasteiger charge is 2.15. The number of hydrogen-bond donors (Lipinski definition) is 2. The Bertz CT molecular complexity index is 960. The molecule has 0 saturated carbocycles. The van der Waals surface area contributed by atoms with E-state index in [0.29, 0.717) is 23.0 Å². The van der Waals surface area contributed by atoms with E-state index < -0.39 is 0 Å². The zero-order chi connectivity index (χ0) is 20.1. The number of pyridine rings is 1. The molecule has 3 aromatic rings. The van der Waals surface area contributed by atoms with Crippen LogP contribution in [0.3, 0.4) is 0 Å². The predicted octanol–water partition coefficient (Wildman–Crippen LogP) is 6.12. The van der Waals surface area contributed by atoms with Crippen LogP contribution in [0.5, 0.6) is 11.6 Å². The number of anilines is 2. The van der Waals surface area contributed by atoms with Gasteiger partial charge in [0.15, 0.2) is 0 Å². The van der Waals surface area contributed by atoms with Gasteiger partial charge < -0.3 is 15.4 Å². The molecule has 1 heterocycles. The van der Waals surface area contributed by atoms with Crippen molar-refractivity contribution in [2.24, 2.45) is 0 Å². The SMILES string of the molecule is Cc1ccc(NC(=O)Nc2cccnc2Oc2cccc(C(C)(C)C)c2)cc1. The van der Waals surface area contributed by atoms with E-state index in [9.17, 15) is 4.79 Å². The standard InChI is InChI=1S/C23H25N3O2/c1-16-10-12-18(13-11-16)25-22(27)26-20-9-6-14-24-21(20)28-19-8-5-7-17(15-19)23(2,3)4/h5-15H,1-4H3,(H2,25,26,27). The lowest BCUT2D eigenvalue weighted by Gasteiger charge is -2.20. The number of aromatic nitrogens is 1. The maximum atomic E-state index is 12.4. The molecule has 0 aliphatic carbocycles. The summed E-state index contributed by atoms with van der Waals surface area (Å²) in [5.41, 5.74) is 3.51. The summed E-state index contributed by atoms with van der Waals surface area (Å²) in [4.78, 5) is 16.6. The van der Waals surface area contributed by atoms with Gasteiger partial charge in [0.05, 0.1) is 0 Å². The van der Waals surface area contributed by atoms with Gasteiger partial charge in [-0.2, -0.15) is 0 Å². The van der Waals surface area contributed by atoms with E-state index in [-0.39, 0.29) is 11.4 Å². The first-order chi connectivity index (χ1) is 13.3. The normalized spacial score (nSPS) is 11.0. The first-order valence-electron chi connectivity index (χ1n) is 9.19. The number of carbonyl (C=O) groups is 1. The number of hydrogen-bond acceptors (Lipinski definition) is 3. The molecular formula is C23H25N3O2. The number of carbonyl (C=O) groups excluding carboxylic acids is 1. The van der Waals surface area contributed by atoms with Crippen LogP contribution in [0, 0.1) is 6.92 Å². The molecule has 0 saturated heterocycles. The second kappa shape index (κ2) is 8.13. The van der Waals surface area contributed by atoms with Crippen molar-refractivity contribution >= 4 is 17.4 Å². The maximum absolute atomic E-state index is 12.4. The average molecular weight is 375 g/mol. The number of ether oxygens (including phenoxy) is 1. The molecule has 0 aliphatic heterocycles. The third kappa shape index (κ3) is 5.10. The van der Waals surface area contributed by atoms with Gasteiger partial charge in [-0.15, -0.1) is 0 Å². The van der Waals surface area contributed by atoms with Crippen molar-refractivity contribution in [2.45, 2.75) is 33.1 Å². The third-order valence-electron chi connectivity index (χ3n) is 4.24. The minimum Gasteiger partial charge on any atom is -0.437 e. The van der Waals surface area contributed by atoms with Crippen molar-refractivity contribution in [3.63, 3.8) is 0 Å². The van der Waals surface area contributed by atoms with Crippen LogP contribution >= 0.6 is 0 Å². The monoisotopic (exact) mass is 375 g/mol. The Balaban J connectivity index is 1.74. The molecule has 2 aromatic carbocycles. The topological polar surface area (TPSA) is 63.2 Å². The summed E-state index contributed by atoms with van der Waals surface area (Å²) in [6.07, 6.45) is 1.63. The van der Waals surface area contributed by atoms with Crippen LogP contribution in [0.4, 0.5) is 16.2 Å². The van der Waals surface area contributed by atoms with E-state index in [1.807, 2.05) is 49.4 Å². The number of benzene rings is 2. The van der Waals surface area contributed by atoms with Crippen molar-refractivity contribution in [1.82, 2.24) is 4.98 Å². The van der Waals surface area contributed by atoms with Gasteiger partial charge in [0.2, 0.25) is 5.88 Å². The highest BCUT2D eigenvalue weighted by molar-refractivity contribution is 6.00. The summed E-state index contributed by atoms with van der Waals surface area (Å²) in [6.45, 7) is 8.44. The third-order valence-corrected chi connectivity index (χ3v) is 4.24. The molecule has 2 N–H and O–H groups in total. The number of urea groups is 1. The van der Waals surface area contributed by atoms with Gasteiger partial charge >= 0.3 is 6.03 Å². The fraction of sp³-hybridized carbons (Fsp3) is 0.217. The van der Waals surface area contributed by atoms with Crippen molar-refractivity contribution in [3.8, 4) is 11.6 Å². The van der Waals surface area contributed by atoms with Gasteiger partial charge in [-0.05, 0) is 54.3 Å². The number of nitrogens with zero attached hydrogens (tertiary/aromatic N) is 1. The molecule has 5 nitrogen and oxygen atoms in total. The highest BCUT2D eigenvalue weighted by Crippen LogP contribution is 2.30. The molecule has 5 heteroatoms. The van der Waals surface area contributed by atoms with Crippen LogP contribution in [0.25, 0.3) is 0 Å². The van der Waals surface area contributed by atoms with Crippen molar-refractivity contribution < 1.29 is 9.53 Å². The number of amides is 2. The molecule has 3 rings (SSSR count). The Morgan fingerprint density at radius 1 is 0.964 bits per heavy atom. The van der Waals surface area contributed by atoms with Crippen LogP contribution in [0.2, 0.25) is 0 Å². The Hall–Kier alpha value is -3.34. The lowest BCUT2D eigenvalue weighted by molar-refractivity contribution is 0.262. The zero-order valence-electron chi connectivity index (χ0n) is 16.6. The van der Waals surface area contributed by atoms with Crippen molar-refractivity contribution in [3.05, 3.63) is 78.0 Å². The predicted molar refractivity (Wildman–Crippen MR) is 113 cm³/mol. The van der Waals surface area contributed by atoms with Crippen molar-refractivity contribution in [2.75, 3.05) is 10.6 Å². The molecule has 0 fully saturated rings. The van der Waals surface area contributed by atoms with Gasteiger partial charge in [-0.3, -0.25) is 0 Å². The minimum atomic E-state index is -0.356. The van der Waals surface area contributed by atoms with Gasteiger partial charge in [-0.25, -0.2) is 9.78 Å². The van der Waals surface area contributed by atoms with Gasteiger partial charge in [0.1, 0.15) is 11.4 Å². The summed E-state index contributed by atoms with van der Waals surface area (Å²) in [6, 6.07) is 18.6. The van der Waals surface area contributed by atoms with E-state index >= 15 is 0 Å². The van der Waals surface area contributed by atoms with Crippen LogP contribution in [-0.4, -0.2) is 11.0 Å². The fourth-order valence-corrected chi connectivity index (χ4v) is 2.63. The van der Waals surface area contributed by atoms with Crippen LogP contribution in [0.15, 0.2) is 66.9 Å². The molecule has 0 bridgehead atoms. The van der Waals surface area contributed by atoms with Crippen LogP contribution < -0.4 is 15.4 Å². The zero-order valence-corrected chi connectivity index (χ0v) is 16.6. The maximum Gasteiger partial charge on any atom is 0.323 e. The van der Waals surface area contributed by atoms with Gasteiger partial charge in [0, 0.05) is 11.9 Å². The Morgan fingerprint density at radius 2 is 1.71 bits per heavy atom. The molecule has 1 aromatic heterocycles. The Morgan fingerprint density at radius 3 is 2.43 bits per heavy atom. The molecular weight excluding hydrogens is 350 g/mol. The van der Waals surface area contributed by atoms with Gasteiger partial charge in [0.25, 0.3) is 0 Å². The molecule has 28 heavy (non-hydrogen) atoms. The molecule has 0 atom stereocenters. The largest absolute Gasteiger partial charge is 0.437 e. The summed E-state index contributed by atoms with van der Waals surface area (Å²) >= 11 is 0. The highest BCUT2D eigenvalue weighted by atomic mass is 16.5. The lowest BCUT2D eigenvalue weighted by Crippen LogP contribution is -2.19. The number of aryl methyl sites for hydroxylation is 1. The number of rotatable bonds is 4. The summed E-state index contributed by atoms with van der Waals surface area (Å²) in [7, 11) is 0. The quantitative estimate of drug-likeness (QED) is 0.577. The van der Waals surface area contributed by atoms with E-state index in [0.717, 1.165) is 11.1 Å². The van der Waals surface area contributed by atoms with E-state index in [1.165, 1.54) is 0 Å². The Kier molecular flexibility index (Phi) is 5.64. The Labute approximate surface area is 165 Å². The fourth-order valence-electron chi connectivity index (χ4n) is 2.63. The second-order valence-corrected chi connectivity index (χ2v) is 7.68. The lowest BCUT2D eigenvalue weighted by atomic mass is 9.87. The van der Waals surface area contributed by atoms with Crippen LogP contribution in [0.1, 0.15) is 31.9 Å². The molecule has 0 spiro atoms. The molecule has 0 aliphatic rings.